The minimum Gasteiger partial charge on any atom is -0.497 e. The number of likely N-dealkylation sites (N-methyl/N-ethyl adjacent to an activating group) is 1. The lowest BCUT2D eigenvalue weighted by molar-refractivity contribution is -0.140. The van der Waals surface area contributed by atoms with Crippen molar-refractivity contribution in [1.82, 2.24) is 10.2 Å². The van der Waals surface area contributed by atoms with Crippen LogP contribution >= 0.6 is 0 Å². The highest BCUT2D eigenvalue weighted by molar-refractivity contribution is 7.92. The lowest BCUT2D eigenvalue weighted by Gasteiger charge is -2.33. The van der Waals surface area contributed by atoms with E-state index in [4.69, 9.17) is 4.74 Å². The van der Waals surface area contributed by atoms with E-state index in [2.05, 4.69) is 5.32 Å². The third-order valence-corrected chi connectivity index (χ3v) is 7.12. The molecule has 1 N–H and O–H groups in total. The van der Waals surface area contributed by atoms with Crippen LogP contribution in [0.25, 0.3) is 0 Å². The molecule has 0 heterocycles. The Hall–Kier alpha value is -3.99. The van der Waals surface area contributed by atoms with Crippen molar-refractivity contribution in [2.45, 2.75) is 25.9 Å². The molecular weight excluding hydrogens is 528 g/mol. The van der Waals surface area contributed by atoms with Crippen LogP contribution in [0, 0.1) is 11.6 Å². The maximum atomic E-state index is 14.0. The predicted octanol–water partition coefficient (Wildman–Crippen LogP) is 3.52. The summed E-state index contributed by atoms with van der Waals surface area (Å²) >= 11 is 0. The Kier molecular flexibility index (Phi) is 10.00. The number of carbonyl (C=O) groups is 2. The average molecular weight is 560 g/mol. The van der Waals surface area contributed by atoms with Gasteiger partial charge in [-0.25, -0.2) is 17.2 Å². The molecule has 0 saturated heterocycles. The molecule has 0 radical (unpaired) electrons. The van der Waals surface area contributed by atoms with E-state index in [1.165, 1.54) is 12.0 Å². The Labute approximate surface area is 227 Å². The SMILES string of the molecule is CCNC(=O)C(Cc1ccccc1)N(Cc1cccc(OC)c1)C(=O)CN(c1ccc(F)c(F)c1)S(C)(=O)=O. The topological polar surface area (TPSA) is 96.0 Å². The van der Waals surface area contributed by atoms with Gasteiger partial charge >= 0.3 is 0 Å². The number of nitrogens with one attached hydrogen (secondary N) is 1. The van der Waals surface area contributed by atoms with Gasteiger partial charge in [-0.15, -0.1) is 0 Å². The largest absolute Gasteiger partial charge is 0.497 e. The molecule has 0 bridgehead atoms. The number of carbonyl (C=O) groups excluding carboxylic acids is 2. The molecule has 208 valence electrons. The standard InChI is InChI=1S/C28H31F2N3O5S/c1-4-31-28(35)26(16-20-9-6-5-7-10-20)32(18-21-11-8-12-23(15-21)38-2)27(34)19-33(39(3,36)37)22-13-14-24(29)25(30)17-22/h5-15,17,26H,4,16,18-19H2,1-3H3,(H,31,35). The quantitative estimate of drug-likeness (QED) is 0.367. The lowest BCUT2D eigenvalue weighted by atomic mass is 10.0. The summed E-state index contributed by atoms with van der Waals surface area (Å²) in [6.45, 7) is 1.29. The van der Waals surface area contributed by atoms with E-state index in [-0.39, 0.29) is 18.7 Å². The van der Waals surface area contributed by atoms with Crippen LogP contribution in [0.4, 0.5) is 14.5 Å². The van der Waals surface area contributed by atoms with E-state index in [1.54, 1.807) is 31.2 Å². The summed E-state index contributed by atoms with van der Waals surface area (Å²) in [4.78, 5) is 28.5. The number of ether oxygens (including phenoxy) is 1. The molecule has 0 aliphatic carbocycles. The fourth-order valence-electron chi connectivity index (χ4n) is 4.07. The summed E-state index contributed by atoms with van der Waals surface area (Å²) in [6, 6.07) is 17.6. The molecule has 0 aromatic heterocycles. The fraction of sp³-hybridized carbons (Fsp3) is 0.286. The number of rotatable bonds is 12. The van der Waals surface area contributed by atoms with E-state index in [1.807, 2.05) is 30.3 Å². The minimum atomic E-state index is -4.10. The molecule has 1 atom stereocenters. The molecule has 0 aliphatic heterocycles. The van der Waals surface area contributed by atoms with Crippen molar-refractivity contribution < 1.29 is 31.5 Å². The molecule has 8 nitrogen and oxygen atoms in total. The van der Waals surface area contributed by atoms with Gasteiger partial charge in [0.25, 0.3) is 0 Å². The predicted molar refractivity (Wildman–Crippen MR) is 145 cm³/mol. The first-order valence-corrected chi connectivity index (χ1v) is 14.0. The lowest BCUT2D eigenvalue weighted by Crippen LogP contribution is -2.53. The van der Waals surface area contributed by atoms with Crippen LogP contribution in [0.1, 0.15) is 18.1 Å². The third-order valence-electron chi connectivity index (χ3n) is 5.98. The minimum absolute atomic E-state index is 0.0416. The second-order valence-electron chi connectivity index (χ2n) is 8.84. The number of sulfonamides is 1. The highest BCUT2D eigenvalue weighted by atomic mass is 32.2. The maximum absolute atomic E-state index is 14.0. The molecule has 3 rings (SSSR count). The molecule has 3 aromatic rings. The summed E-state index contributed by atoms with van der Waals surface area (Å²) < 4.78 is 58.9. The van der Waals surface area contributed by atoms with Crippen molar-refractivity contribution >= 4 is 27.5 Å². The molecule has 1 unspecified atom stereocenters. The molecule has 2 amide bonds. The first-order chi connectivity index (χ1) is 18.5. The normalized spacial score (nSPS) is 11.9. The second-order valence-corrected chi connectivity index (χ2v) is 10.7. The highest BCUT2D eigenvalue weighted by Crippen LogP contribution is 2.23. The summed E-state index contributed by atoms with van der Waals surface area (Å²) in [7, 11) is -2.60. The number of methoxy groups -OCH3 is 1. The summed E-state index contributed by atoms with van der Waals surface area (Å²) in [6.07, 6.45) is 1.02. The Balaban J connectivity index is 2.06. The van der Waals surface area contributed by atoms with Gasteiger partial charge in [0.05, 0.1) is 19.1 Å². The van der Waals surface area contributed by atoms with Gasteiger partial charge in [-0.1, -0.05) is 42.5 Å². The average Bonchev–Trinajstić information content (AvgIpc) is 2.91. The van der Waals surface area contributed by atoms with Crippen molar-refractivity contribution in [3.8, 4) is 5.75 Å². The maximum Gasteiger partial charge on any atom is 0.244 e. The molecular formula is C28H31F2N3O5S. The Morgan fingerprint density at radius 3 is 2.26 bits per heavy atom. The summed E-state index contributed by atoms with van der Waals surface area (Å²) in [5, 5.41) is 2.76. The number of amides is 2. The molecule has 39 heavy (non-hydrogen) atoms. The van der Waals surface area contributed by atoms with E-state index >= 15 is 0 Å². The number of benzene rings is 3. The van der Waals surface area contributed by atoms with Gasteiger partial charge in [-0.3, -0.25) is 13.9 Å². The van der Waals surface area contributed by atoms with E-state index in [9.17, 15) is 26.8 Å². The van der Waals surface area contributed by atoms with Crippen LogP contribution in [-0.4, -0.2) is 57.6 Å². The van der Waals surface area contributed by atoms with Gasteiger partial charge in [0.1, 0.15) is 18.3 Å². The molecule has 3 aromatic carbocycles. The second kappa shape index (κ2) is 13.2. The van der Waals surface area contributed by atoms with Gasteiger partial charge in [0, 0.05) is 25.6 Å². The van der Waals surface area contributed by atoms with Crippen LogP contribution in [0.5, 0.6) is 5.75 Å². The summed E-state index contributed by atoms with van der Waals surface area (Å²) in [5.74, 6) is -3.00. The van der Waals surface area contributed by atoms with Crippen molar-refractivity contribution in [1.29, 1.82) is 0 Å². The Morgan fingerprint density at radius 1 is 0.949 bits per heavy atom. The molecule has 0 fully saturated rings. The van der Waals surface area contributed by atoms with Crippen LogP contribution in [0.2, 0.25) is 0 Å². The zero-order valence-electron chi connectivity index (χ0n) is 21.9. The van der Waals surface area contributed by atoms with Crippen LogP contribution in [-0.2, 0) is 32.6 Å². The third kappa shape index (κ3) is 8.00. The van der Waals surface area contributed by atoms with Gasteiger partial charge in [0.2, 0.25) is 21.8 Å². The zero-order valence-corrected chi connectivity index (χ0v) is 22.8. The van der Waals surface area contributed by atoms with E-state index in [0.29, 0.717) is 28.2 Å². The molecule has 11 heteroatoms. The number of hydrogen-bond donors (Lipinski definition) is 1. The van der Waals surface area contributed by atoms with E-state index < -0.39 is 46.1 Å². The number of nitrogens with zero attached hydrogens (tertiary/aromatic N) is 2. The van der Waals surface area contributed by atoms with Gasteiger partial charge in [-0.05, 0) is 42.3 Å². The smallest absolute Gasteiger partial charge is 0.244 e. The monoisotopic (exact) mass is 559 g/mol. The first-order valence-electron chi connectivity index (χ1n) is 12.2. The number of anilines is 1. The van der Waals surface area contributed by atoms with Crippen molar-refractivity contribution in [2.75, 3.05) is 30.8 Å². The molecule has 0 aliphatic rings. The summed E-state index contributed by atoms with van der Waals surface area (Å²) in [5.41, 5.74) is 1.21. The van der Waals surface area contributed by atoms with Crippen molar-refractivity contribution in [3.63, 3.8) is 0 Å². The molecule has 0 spiro atoms. The highest BCUT2D eigenvalue weighted by Gasteiger charge is 2.33. The zero-order chi connectivity index (χ0) is 28.6. The van der Waals surface area contributed by atoms with Gasteiger partial charge in [-0.2, -0.15) is 0 Å². The number of halogens is 2. The Bertz CT molecular complexity index is 1400. The fourth-order valence-corrected chi connectivity index (χ4v) is 4.91. The van der Waals surface area contributed by atoms with Crippen molar-refractivity contribution in [2.24, 2.45) is 0 Å². The Morgan fingerprint density at radius 2 is 1.64 bits per heavy atom. The van der Waals surface area contributed by atoms with Gasteiger partial charge in [0.15, 0.2) is 11.6 Å². The van der Waals surface area contributed by atoms with Crippen LogP contribution in [0.15, 0.2) is 72.8 Å². The van der Waals surface area contributed by atoms with Gasteiger partial charge < -0.3 is 15.0 Å². The number of hydrogen-bond acceptors (Lipinski definition) is 5. The van der Waals surface area contributed by atoms with E-state index in [0.717, 1.165) is 24.0 Å². The van der Waals surface area contributed by atoms with Crippen molar-refractivity contribution in [3.05, 3.63) is 95.6 Å². The molecule has 0 saturated carbocycles. The first kappa shape index (κ1) is 29.6. The van der Waals surface area contributed by atoms with Crippen LogP contribution < -0.4 is 14.4 Å². The van der Waals surface area contributed by atoms with Crippen LogP contribution in [0.3, 0.4) is 0 Å².